The molecular weight excluding hydrogens is 216 g/mol. The van der Waals surface area contributed by atoms with Crippen LogP contribution in [0.25, 0.3) is 0 Å². The highest BCUT2D eigenvalue weighted by molar-refractivity contribution is 7.52. The van der Waals surface area contributed by atoms with Crippen molar-refractivity contribution in [2.45, 2.75) is 77.6 Å². The standard InChI is InChI=1S/C12H28OSi2/c1-9(2)14(10(3)4)13-15(14,11(5)6)12(7)8/h9-12H,1-8H3. The van der Waals surface area contributed by atoms with Crippen LogP contribution < -0.4 is 0 Å². The van der Waals surface area contributed by atoms with Crippen LogP contribution in [0.3, 0.4) is 0 Å². The van der Waals surface area contributed by atoms with Crippen molar-refractivity contribution in [2.24, 2.45) is 0 Å². The van der Waals surface area contributed by atoms with Crippen LogP contribution in [0.15, 0.2) is 0 Å². The molecule has 1 nitrogen and oxygen atoms in total. The van der Waals surface area contributed by atoms with E-state index in [0.29, 0.717) is 0 Å². The first-order chi connectivity index (χ1) is 6.73. The Morgan fingerprint density at radius 1 is 0.533 bits per heavy atom. The zero-order valence-corrected chi connectivity index (χ0v) is 13.7. The molecule has 15 heavy (non-hydrogen) atoms. The highest BCUT2D eigenvalue weighted by Crippen LogP contribution is 2.63. The number of rotatable bonds is 4. The average molecular weight is 245 g/mol. The Morgan fingerprint density at radius 2 is 0.733 bits per heavy atom. The van der Waals surface area contributed by atoms with Crippen molar-refractivity contribution in [3.63, 3.8) is 0 Å². The van der Waals surface area contributed by atoms with E-state index in [2.05, 4.69) is 55.4 Å². The first-order valence-electron chi connectivity index (χ1n) is 6.43. The molecule has 0 saturated carbocycles. The fraction of sp³-hybridized carbons (Fsp3) is 1.00. The van der Waals surface area contributed by atoms with E-state index in [-0.39, 0.29) is 0 Å². The van der Waals surface area contributed by atoms with Crippen LogP contribution in [0.2, 0.25) is 22.2 Å². The van der Waals surface area contributed by atoms with E-state index in [0.717, 1.165) is 22.2 Å². The summed E-state index contributed by atoms with van der Waals surface area (Å²) in [5.74, 6) is 0. The lowest BCUT2D eigenvalue weighted by molar-refractivity contribution is 0.609. The first-order valence-corrected chi connectivity index (χ1v) is 11.6. The molecule has 90 valence electrons. The normalized spacial score (nSPS) is 23.2. The molecule has 3 heteroatoms. The summed E-state index contributed by atoms with van der Waals surface area (Å²) in [6.07, 6.45) is 0. The Kier molecular flexibility index (Phi) is 3.59. The van der Waals surface area contributed by atoms with Crippen molar-refractivity contribution in [3.8, 4) is 0 Å². The second kappa shape index (κ2) is 4.00. The van der Waals surface area contributed by atoms with Crippen molar-refractivity contribution < 1.29 is 4.12 Å². The van der Waals surface area contributed by atoms with Crippen LogP contribution in [0.4, 0.5) is 0 Å². The molecule has 0 N–H and O–H groups in total. The monoisotopic (exact) mass is 244 g/mol. The quantitative estimate of drug-likeness (QED) is 0.519. The molecule has 1 fully saturated rings. The lowest BCUT2D eigenvalue weighted by Crippen LogP contribution is -2.44. The third-order valence-corrected chi connectivity index (χ3v) is 25.4. The molecule has 1 aliphatic rings. The van der Waals surface area contributed by atoms with Gasteiger partial charge in [-0.1, -0.05) is 55.4 Å². The molecule has 0 aliphatic carbocycles. The van der Waals surface area contributed by atoms with Crippen LogP contribution in [-0.4, -0.2) is 15.7 Å². The van der Waals surface area contributed by atoms with Gasteiger partial charge in [0.1, 0.15) is 0 Å². The minimum atomic E-state index is -1.38. The summed E-state index contributed by atoms with van der Waals surface area (Å²) in [7, 11) is -2.75. The maximum Gasteiger partial charge on any atom is 0.203 e. The van der Waals surface area contributed by atoms with Gasteiger partial charge in [0.15, 0.2) is 0 Å². The Hall–Kier alpha value is 0.394. The molecule has 1 aliphatic heterocycles. The van der Waals surface area contributed by atoms with Gasteiger partial charge in [0.2, 0.25) is 15.7 Å². The third-order valence-electron chi connectivity index (χ3n) is 4.34. The molecule has 0 radical (unpaired) electrons. The summed E-state index contributed by atoms with van der Waals surface area (Å²) in [6.45, 7) is 19.2. The van der Waals surface area contributed by atoms with E-state index in [1.54, 1.807) is 0 Å². The topological polar surface area (TPSA) is 12.5 Å². The molecule has 0 aromatic carbocycles. The van der Waals surface area contributed by atoms with E-state index < -0.39 is 15.7 Å². The summed E-state index contributed by atoms with van der Waals surface area (Å²) < 4.78 is 6.62. The lowest BCUT2D eigenvalue weighted by atomic mass is 10.5. The van der Waals surface area contributed by atoms with Crippen molar-refractivity contribution in [1.82, 2.24) is 0 Å². The summed E-state index contributed by atoms with van der Waals surface area (Å²) in [6, 6.07) is 0. The minimum absolute atomic E-state index is 0.800. The second-order valence-electron chi connectivity index (χ2n) is 6.31. The van der Waals surface area contributed by atoms with Gasteiger partial charge >= 0.3 is 0 Å². The molecule has 0 atom stereocenters. The van der Waals surface area contributed by atoms with Crippen molar-refractivity contribution in [3.05, 3.63) is 0 Å². The Bertz CT molecular complexity index is 194. The van der Waals surface area contributed by atoms with Crippen LogP contribution in [0.1, 0.15) is 55.4 Å². The van der Waals surface area contributed by atoms with Crippen molar-refractivity contribution in [2.75, 3.05) is 0 Å². The molecule has 1 rings (SSSR count). The maximum absolute atomic E-state index is 6.62. The Balaban J connectivity index is 3.08. The molecular formula is C12H28OSi2. The molecule has 0 aromatic rings. The predicted molar refractivity (Wildman–Crippen MR) is 73.0 cm³/mol. The minimum Gasteiger partial charge on any atom is -0.455 e. The largest absolute Gasteiger partial charge is 0.455 e. The van der Waals surface area contributed by atoms with Crippen LogP contribution >= 0.6 is 0 Å². The summed E-state index contributed by atoms with van der Waals surface area (Å²) in [5, 5.41) is 0. The van der Waals surface area contributed by atoms with Gasteiger partial charge in [-0.3, -0.25) is 0 Å². The lowest BCUT2D eigenvalue weighted by Gasteiger charge is -2.28. The summed E-state index contributed by atoms with van der Waals surface area (Å²) >= 11 is 0. The fourth-order valence-corrected chi connectivity index (χ4v) is 28.9. The molecule has 0 unspecified atom stereocenters. The smallest absolute Gasteiger partial charge is 0.203 e. The number of hydrogen-bond acceptors (Lipinski definition) is 1. The molecule has 0 amide bonds. The summed E-state index contributed by atoms with van der Waals surface area (Å²) in [5.41, 5.74) is 3.20. The first kappa shape index (κ1) is 13.5. The van der Waals surface area contributed by atoms with Gasteiger partial charge in [0.05, 0.1) is 0 Å². The second-order valence-corrected chi connectivity index (χ2v) is 19.6. The van der Waals surface area contributed by atoms with Crippen LogP contribution in [0, 0.1) is 0 Å². The van der Waals surface area contributed by atoms with Gasteiger partial charge in [-0.25, -0.2) is 0 Å². The van der Waals surface area contributed by atoms with Crippen molar-refractivity contribution >= 4 is 15.7 Å². The molecule has 1 heterocycles. The van der Waals surface area contributed by atoms with Crippen LogP contribution in [0.5, 0.6) is 0 Å². The zero-order valence-electron chi connectivity index (χ0n) is 11.7. The van der Waals surface area contributed by atoms with E-state index in [1.165, 1.54) is 0 Å². The number of hydrogen-bond donors (Lipinski definition) is 0. The highest BCUT2D eigenvalue weighted by Gasteiger charge is 2.78. The van der Waals surface area contributed by atoms with Gasteiger partial charge in [0, 0.05) is 0 Å². The Labute approximate surface area is 97.7 Å². The van der Waals surface area contributed by atoms with E-state index in [4.69, 9.17) is 4.12 Å². The van der Waals surface area contributed by atoms with Gasteiger partial charge in [0.25, 0.3) is 0 Å². The van der Waals surface area contributed by atoms with Crippen LogP contribution in [-0.2, 0) is 4.12 Å². The molecule has 1 saturated heterocycles. The SMILES string of the molecule is CC(C)[Si]1(C(C)C)O[Si]1(C(C)C)C(C)C. The van der Waals surface area contributed by atoms with Gasteiger partial charge in [-0.15, -0.1) is 0 Å². The van der Waals surface area contributed by atoms with E-state index in [9.17, 15) is 0 Å². The zero-order chi connectivity index (χ0) is 12.0. The average Bonchev–Trinajstić information content (AvgIpc) is 2.74. The molecule has 0 aromatic heterocycles. The maximum atomic E-state index is 6.62. The fourth-order valence-electron chi connectivity index (χ4n) is 3.86. The summed E-state index contributed by atoms with van der Waals surface area (Å²) in [4.78, 5) is 0. The predicted octanol–water partition coefficient (Wildman–Crippen LogP) is 4.63. The molecule has 0 bridgehead atoms. The highest BCUT2D eigenvalue weighted by atomic mass is 29.4. The molecule has 0 spiro atoms. The van der Waals surface area contributed by atoms with Gasteiger partial charge in [-0.2, -0.15) is 0 Å². The van der Waals surface area contributed by atoms with E-state index in [1.807, 2.05) is 0 Å². The Morgan fingerprint density at radius 3 is 0.800 bits per heavy atom. The van der Waals surface area contributed by atoms with E-state index >= 15 is 0 Å². The van der Waals surface area contributed by atoms with Gasteiger partial charge < -0.3 is 4.12 Å². The third kappa shape index (κ3) is 1.58. The van der Waals surface area contributed by atoms with Gasteiger partial charge in [-0.05, 0) is 22.2 Å². The van der Waals surface area contributed by atoms with Crippen molar-refractivity contribution in [1.29, 1.82) is 0 Å².